The largest absolute Gasteiger partial charge is 0.349 e. The monoisotopic (exact) mass is 446 g/mol. The first-order chi connectivity index (χ1) is 14.8. The van der Waals surface area contributed by atoms with Crippen molar-refractivity contribution in [1.82, 2.24) is 20.4 Å². The Morgan fingerprint density at radius 2 is 1.90 bits per heavy atom. The van der Waals surface area contributed by atoms with Crippen LogP contribution in [-0.2, 0) is 31.4 Å². The van der Waals surface area contributed by atoms with Gasteiger partial charge in [-0.05, 0) is 49.9 Å². The van der Waals surface area contributed by atoms with E-state index in [0.29, 0.717) is 12.8 Å². The molecule has 2 N–H and O–H groups in total. The number of carbonyl (C=O) groups excluding carboxylic acids is 3. The zero-order valence-corrected chi connectivity index (χ0v) is 18.0. The second-order valence-corrected chi connectivity index (χ2v) is 11.1. The number of urea groups is 1. The van der Waals surface area contributed by atoms with Crippen molar-refractivity contribution in [2.24, 2.45) is 0 Å². The second-order valence-electron chi connectivity index (χ2n) is 8.95. The van der Waals surface area contributed by atoms with Crippen molar-refractivity contribution in [2.45, 2.75) is 43.3 Å². The fraction of sp³-hybridized carbons (Fsp3) is 0.571. The lowest BCUT2D eigenvalue weighted by Gasteiger charge is -2.28. The zero-order valence-electron chi connectivity index (χ0n) is 17.2. The molecule has 4 amide bonds. The van der Waals surface area contributed by atoms with Crippen LogP contribution in [0.25, 0.3) is 0 Å². The lowest BCUT2D eigenvalue weighted by molar-refractivity contribution is -0.135. The summed E-state index contributed by atoms with van der Waals surface area (Å²) < 4.78 is 24.4. The van der Waals surface area contributed by atoms with Crippen LogP contribution >= 0.6 is 0 Å². The Morgan fingerprint density at radius 3 is 2.68 bits per heavy atom. The molecule has 3 unspecified atom stereocenters. The van der Waals surface area contributed by atoms with Crippen molar-refractivity contribution >= 4 is 27.7 Å². The van der Waals surface area contributed by atoms with Crippen LogP contribution in [0.1, 0.15) is 30.4 Å². The predicted octanol–water partition coefficient (Wildman–Crippen LogP) is -0.242. The Balaban J connectivity index is 1.30. The number of benzene rings is 1. The van der Waals surface area contributed by atoms with Crippen LogP contribution in [0.3, 0.4) is 0 Å². The number of fused-ring (bicyclic) bond motifs is 2. The fourth-order valence-electron chi connectivity index (χ4n) is 5.53. The smallest absolute Gasteiger partial charge is 0.325 e. The Bertz CT molecular complexity index is 1050. The minimum Gasteiger partial charge on any atom is -0.349 e. The van der Waals surface area contributed by atoms with E-state index in [9.17, 15) is 22.8 Å². The molecule has 3 fully saturated rings. The van der Waals surface area contributed by atoms with Gasteiger partial charge in [0, 0.05) is 6.04 Å². The Hall–Kier alpha value is -2.46. The number of rotatable bonds is 4. The molecule has 1 aliphatic carbocycles. The van der Waals surface area contributed by atoms with Gasteiger partial charge < -0.3 is 10.6 Å². The number of imide groups is 1. The third-order valence-corrected chi connectivity index (χ3v) is 8.72. The van der Waals surface area contributed by atoms with Gasteiger partial charge in [0.05, 0.1) is 17.5 Å². The molecule has 0 saturated carbocycles. The minimum atomic E-state index is -3.24. The van der Waals surface area contributed by atoms with Crippen LogP contribution in [0.2, 0.25) is 0 Å². The van der Waals surface area contributed by atoms with Gasteiger partial charge in [0.2, 0.25) is 5.91 Å². The lowest BCUT2D eigenvalue weighted by Crippen LogP contribution is -2.52. The first-order valence-electron chi connectivity index (χ1n) is 10.8. The van der Waals surface area contributed by atoms with Crippen molar-refractivity contribution in [3.63, 3.8) is 0 Å². The molecule has 31 heavy (non-hydrogen) atoms. The molecule has 0 aromatic heterocycles. The maximum atomic E-state index is 13.2. The van der Waals surface area contributed by atoms with E-state index in [-0.39, 0.29) is 17.5 Å². The standard InChI is InChI=1S/C21H26N4O5S/c26-18(22-16-12-31(29,30)13-17(16)24-9-3-4-10-24)11-25-19(27)21(23-20(25)28)8-7-14-5-1-2-6-15(14)21/h1-2,5-6,16-17H,3-4,7-13H2,(H,22,26)(H,23,28). The molecule has 1 spiro atoms. The van der Waals surface area contributed by atoms with Gasteiger partial charge in [-0.2, -0.15) is 0 Å². The summed E-state index contributed by atoms with van der Waals surface area (Å²) in [6.07, 6.45) is 3.18. The third kappa shape index (κ3) is 3.41. The van der Waals surface area contributed by atoms with Crippen molar-refractivity contribution in [2.75, 3.05) is 31.1 Å². The molecule has 5 rings (SSSR count). The number of nitrogens with zero attached hydrogens (tertiary/aromatic N) is 2. The molecule has 4 aliphatic rings. The molecule has 3 atom stereocenters. The number of hydrogen-bond acceptors (Lipinski definition) is 6. The number of sulfone groups is 1. The van der Waals surface area contributed by atoms with E-state index in [0.717, 1.165) is 42.0 Å². The van der Waals surface area contributed by atoms with E-state index in [1.807, 2.05) is 24.3 Å². The second kappa shape index (κ2) is 7.30. The molecule has 0 radical (unpaired) electrons. The number of hydrogen-bond donors (Lipinski definition) is 2. The molecule has 3 saturated heterocycles. The van der Waals surface area contributed by atoms with Crippen molar-refractivity contribution in [1.29, 1.82) is 0 Å². The number of nitrogens with one attached hydrogen (secondary N) is 2. The molecular formula is C21H26N4O5S. The average Bonchev–Trinajstić information content (AvgIpc) is 3.47. The predicted molar refractivity (Wildman–Crippen MR) is 112 cm³/mol. The topological polar surface area (TPSA) is 116 Å². The summed E-state index contributed by atoms with van der Waals surface area (Å²) in [7, 11) is -3.24. The average molecular weight is 447 g/mol. The maximum Gasteiger partial charge on any atom is 0.325 e. The minimum absolute atomic E-state index is 0.0287. The van der Waals surface area contributed by atoms with Crippen LogP contribution in [0.15, 0.2) is 24.3 Å². The highest BCUT2D eigenvalue weighted by Gasteiger charge is 2.55. The molecule has 1 aromatic carbocycles. The van der Waals surface area contributed by atoms with Crippen molar-refractivity contribution in [3.8, 4) is 0 Å². The SMILES string of the molecule is O=C(CN1C(=O)NC2(CCc3ccccc32)C1=O)NC1CS(=O)(=O)CC1N1CCCC1. The molecule has 9 nitrogen and oxygen atoms in total. The number of likely N-dealkylation sites (tertiary alicyclic amines) is 1. The van der Waals surface area contributed by atoms with E-state index in [4.69, 9.17) is 0 Å². The van der Waals surface area contributed by atoms with Crippen molar-refractivity contribution < 1.29 is 22.8 Å². The van der Waals surface area contributed by atoms with Crippen LogP contribution in [-0.4, -0.2) is 79.3 Å². The van der Waals surface area contributed by atoms with Gasteiger partial charge in [-0.1, -0.05) is 24.3 Å². The van der Waals surface area contributed by atoms with Gasteiger partial charge in [0.25, 0.3) is 5.91 Å². The van der Waals surface area contributed by atoms with Crippen LogP contribution in [0.4, 0.5) is 4.79 Å². The van der Waals surface area contributed by atoms with E-state index >= 15 is 0 Å². The Morgan fingerprint density at radius 1 is 1.16 bits per heavy atom. The summed E-state index contributed by atoms with van der Waals surface area (Å²) in [6.45, 7) is 1.22. The Labute approximate surface area is 181 Å². The van der Waals surface area contributed by atoms with Gasteiger partial charge in [-0.25, -0.2) is 13.2 Å². The summed E-state index contributed by atoms with van der Waals surface area (Å²) in [4.78, 5) is 41.7. The maximum absolute atomic E-state index is 13.2. The first kappa shape index (κ1) is 20.4. The number of carbonyl (C=O) groups is 3. The quantitative estimate of drug-likeness (QED) is 0.617. The highest BCUT2D eigenvalue weighted by Crippen LogP contribution is 2.41. The van der Waals surface area contributed by atoms with E-state index in [1.165, 1.54) is 0 Å². The summed E-state index contributed by atoms with van der Waals surface area (Å²) in [6, 6.07) is 6.14. The highest BCUT2D eigenvalue weighted by atomic mass is 32.2. The molecule has 1 aromatic rings. The summed E-state index contributed by atoms with van der Waals surface area (Å²) >= 11 is 0. The van der Waals surface area contributed by atoms with Gasteiger partial charge in [0.15, 0.2) is 9.84 Å². The van der Waals surface area contributed by atoms with E-state index in [2.05, 4.69) is 15.5 Å². The van der Waals surface area contributed by atoms with Gasteiger partial charge in [-0.3, -0.25) is 19.4 Å². The number of aryl methyl sites for hydroxylation is 1. The lowest BCUT2D eigenvalue weighted by atomic mass is 9.92. The van der Waals surface area contributed by atoms with Crippen LogP contribution in [0, 0.1) is 0 Å². The summed E-state index contributed by atoms with van der Waals surface area (Å²) in [5.41, 5.74) is 0.697. The molecular weight excluding hydrogens is 420 g/mol. The third-order valence-electron chi connectivity index (χ3n) is 7.00. The number of amides is 4. The zero-order chi connectivity index (χ0) is 21.8. The van der Waals surface area contributed by atoms with Crippen LogP contribution in [0.5, 0.6) is 0 Å². The first-order valence-corrected chi connectivity index (χ1v) is 12.6. The fourth-order valence-corrected chi connectivity index (χ4v) is 7.48. The highest BCUT2D eigenvalue weighted by molar-refractivity contribution is 7.91. The van der Waals surface area contributed by atoms with E-state index < -0.39 is 45.8 Å². The molecule has 3 aliphatic heterocycles. The molecule has 0 bridgehead atoms. The normalized spacial score (nSPS) is 31.9. The molecule has 3 heterocycles. The summed E-state index contributed by atoms with van der Waals surface area (Å²) in [5.74, 6) is -1.02. The van der Waals surface area contributed by atoms with Gasteiger partial charge in [0.1, 0.15) is 12.1 Å². The molecule has 10 heteroatoms. The van der Waals surface area contributed by atoms with Gasteiger partial charge >= 0.3 is 6.03 Å². The van der Waals surface area contributed by atoms with Crippen LogP contribution < -0.4 is 10.6 Å². The molecule has 166 valence electrons. The van der Waals surface area contributed by atoms with Gasteiger partial charge in [-0.15, -0.1) is 0 Å². The van der Waals surface area contributed by atoms with E-state index in [1.54, 1.807) is 0 Å². The Kier molecular flexibility index (Phi) is 4.82. The summed E-state index contributed by atoms with van der Waals surface area (Å²) in [5, 5.41) is 5.60. The van der Waals surface area contributed by atoms with Crippen molar-refractivity contribution in [3.05, 3.63) is 35.4 Å².